The van der Waals surface area contributed by atoms with Crippen LogP contribution in [-0.2, 0) is 18.3 Å². The molecule has 2 aromatic rings. The lowest BCUT2D eigenvalue weighted by Crippen LogP contribution is -2.14. The molecule has 0 unspecified atom stereocenters. The molecule has 21 heavy (non-hydrogen) atoms. The van der Waals surface area contributed by atoms with Crippen LogP contribution in [0.2, 0.25) is 0 Å². The number of rotatable bonds is 5. The van der Waals surface area contributed by atoms with Gasteiger partial charge >= 0.3 is 0 Å². The normalized spacial score (nSPS) is 10.7. The van der Waals surface area contributed by atoms with Crippen LogP contribution in [0.15, 0.2) is 17.4 Å². The molecule has 2 aromatic heterocycles. The second-order valence-corrected chi connectivity index (χ2v) is 5.56. The van der Waals surface area contributed by atoms with E-state index in [0.717, 1.165) is 22.1 Å². The maximum atomic E-state index is 11.9. The number of carbonyl (C=O) groups is 1. The molecular weight excluding hydrogens is 286 g/mol. The van der Waals surface area contributed by atoms with Gasteiger partial charge in [0.15, 0.2) is 11.0 Å². The minimum absolute atomic E-state index is 0.0542. The van der Waals surface area contributed by atoms with Crippen molar-refractivity contribution in [2.45, 2.75) is 31.8 Å². The zero-order chi connectivity index (χ0) is 15.4. The monoisotopic (exact) mass is 305 g/mol. The van der Waals surface area contributed by atoms with Gasteiger partial charge in [-0.2, -0.15) is 5.10 Å². The van der Waals surface area contributed by atoms with Gasteiger partial charge < -0.3 is 5.32 Å². The van der Waals surface area contributed by atoms with Crippen molar-refractivity contribution in [1.29, 1.82) is 0 Å². The predicted molar refractivity (Wildman–Crippen MR) is 83.4 cm³/mol. The molecule has 0 saturated heterocycles. The van der Waals surface area contributed by atoms with Crippen molar-refractivity contribution in [2.24, 2.45) is 7.05 Å². The highest BCUT2D eigenvalue weighted by molar-refractivity contribution is 7.98. The third-order valence-corrected chi connectivity index (χ3v) is 3.71. The number of thioether (sulfide) groups is 1. The van der Waals surface area contributed by atoms with Gasteiger partial charge in [0.2, 0.25) is 5.91 Å². The molecule has 0 aliphatic rings. The molecule has 0 aromatic carbocycles. The molecule has 0 fully saturated rings. The summed E-state index contributed by atoms with van der Waals surface area (Å²) in [5.74, 6) is 0.520. The van der Waals surface area contributed by atoms with E-state index < -0.39 is 0 Å². The van der Waals surface area contributed by atoms with Gasteiger partial charge in [-0.15, -0.1) is 0 Å². The highest BCUT2D eigenvalue weighted by Crippen LogP contribution is 2.17. The number of nitrogens with zero attached hydrogens (tertiary/aromatic N) is 4. The summed E-state index contributed by atoms with van der Waals surface area (Å²) in [6.07, 6.45) is 4.76. The van der Waals surface area contributed by atoms with Crippen LogP contribution in [-0.4, -0.2) is 31.9 Å². The Bertz CT molecular complexity index is 630. The van der Waals surface area contributed by atoms with Crippen LogP contribution in [0, 0.1) is 13.8 Å². The van der Waals surface area contributed by atoms with Crippen LogP contribution in [0.4, 0.5) is 5.82 Å². The average molecular weight is 305 g/mol. The van der Waals surface area contributed by atoms with E-state index in [4.69, 9.17) is 0 Å². The zero-order valence-electron chi connectivity index (χ0n) is 12.7. The molecule has 1 N–H and O–H groups in total. The Kier molecular flexibility index (Phi) is 4.95. The van der Waals surface area contributed by atoms with E-state index in [2.05, 4.69) is 20.4 Å². The maximum absolute atomic E-state index is 11.9. The minimum Gasteiger partial charge on any atom is -0.309 e. The Morgan fingerprint density at radius 1 is 1.33 bits per heavy atom. The molecule has 0 radical (unpaired) electrons. The number of amides is 1. The van der Waals surface area contributed by atoms with Crippen molar-refractivity contribution in [3.8, 4) is 0 Å². The number of hydrogen-bond donors (Lipinski definition) is 1. The summed E-state index contributed by atoms with van der Waals surface area (Å²) in [7, 11) is 1.81. The van der Waals surface area contributed by atoms with E-state index in [-0.39, 0.29) is 5.91 Å². The number of hydrogen-bond acceptors (Lipinski definition) is 5. The predicted octanol–water partition coefficient (Wildman–Crippen LogP) is 2.12. The lowest BCUT2D eigenvalue weighted by Gasteiger charge is -2.09. The van der Waals surface area contributed by atoms with Crippen LogP contribution in [0.25, 0.3) is 0 Å². The van der Waals surface area contributed by atoms with Gasteiger partial charge in [-0.1, -0.05) is 11.8 Å². The fourth-order valence-corrected chi connectivity index (χ4v) is 2.54. The van der Waals surface area contributed by atoms with Gasteiger partial charge in [0.1, 0.15) is 0 Å². The maximum Gasteiger partial charge on any atom is 0.225 e. The van der Waals surface area contributed by atoms with Gasteiger partial charge in [-0.25, -0.2) is 9.97 Å². The van der Waals surface area contributed by atoms with Gasteiger partial charge in [0.25, 0.3) is 0 Å². The molecular formula is C14H19N5OS. The first-order chi connectivity index (χ1) is 9.99. The van der Waals surface area contributed by atoms with Gasteiger partial charge in [0, 0.05) is 37.1 Å². The summed E-state index contributed by atoms with van der Waals surface area (Å²) in [6.45, 7) is 3.92. The molecule has 1 amide bonds. The van der Waals surface area contributed by atoms with Crippen molar-refractivity contribution >= 4 is 23.5 Å². The second kappa shape index (κ2) is 6.71. The van der Waals surface area contributed by atoms with Crippen molar-refractivity contribution in [1.82, 2.24) is 19.7 Å². The number of anilines is 1. The van der Waals surface area contributed by atoms with E-state index in [1.807, 2.05) is 27.2 Å². The number of aromatic nitrogens is 4. The molecule has 2 heterocycles. The molecule has 0 atom stereocenters. The zero-order valence-corrected chi connectivity index (χ0v) is 13.5. The second-order valence-electron chi connectivity index (χ2n) is 4.78. The van der Waals surface area contributed by atoms with Crippen LogP contribution in [0.1, 0.15) is 23.4 Å². The van der Waals surface area contributed by atoms with Crippen LogP contribution >= 0.6 is 11.8 Å². The summed E-state index contributed by atoms with van der Waals surface area (Å²) in [5, 5.41) is 7.67. The van der Waals surface area contributed by atoms with E-state index in [9.17, 15) is 4.79 Å². The number of nitrogens with one attached hydrogen (secondary N) is 1. The van der Waals surface area contributed by atoms with Crippen molar-refractivity contribution < 1.29 is 4.79 Å². The lowest BCUT2D eigenvalue weighted by molar-refractivity contribution is -0.116. The Hall–Kier alpha value is -1.89. The third kappa shape index (κ3) is 4.04. The summed E-state index contributed by atoms with van der Waals surface area (Å²) in [5.41, 5.74) is 2.93. The first-order valence-corrected chi connectivity index (χ1v) is 7.89. The fourth-order valence-electron chi connectivity index (χ4n) is 2.09. The van der Waals surface area contributed by atoms with Gasteiger partial charge in [-0.3, -0.25) is 9.48 Å². The number of aryl methyl sites for hydroxylation is 3. The highest BCUT2D eigenvalue weighted by atomic mass is 32.2. The molecule has 0 saturated carbocycles. The standard InChI is InChI=1S/C14H19N5OS/c1-9-11(10(2)16-14(15-9)21-4)5-6-13(20)17-12-7-8-19(3)18-12/h7-8H,5-6H2,1-4H3,(H,17,18,20). The van der Waals surface area contributed by atoms with Crippen molar-refractivity contribution in [2.75, 3.05) is 11.6 Å². The van der Waals surface area contributed by atoms with Gasteiger partial charge in [0.05, 0.1) is 0 Å². The quantitative estimate of drug-likeness (QED) is 0.676. The van der Waals surface area contributed by atoms with Crippen LogP contribution in [0.5, 0.6) is 0 Å². The molecule has 6 nitrogen and oxygen atoms in total. The first kappa shape index (κ1) is 15.5. The topological polar surface area (TPSA) is 72.7 Å². The molecule has 0 aliphatic carbocycles. The molecule has 112 valence electrons. The van der Waals surface area contributed by atoms with Gasteiger partial charge in [-0.05, 0) is 32.1 Å². The summed E-state index contributed by atoms with van der Waals surface area (Å²) < 4.78 is 1.65. The Labute approximate surface area is 128 Å². The SMILES string of the molecule is CSc1nc(C)c(CCC(=O)Nc2ccn(C)n2)c(C)n1. The Morgan fingerprint density at radius 2 is 2.00 bits per heavy atom. The van der Waals surface area contributed by atoms with Crippen molar-refractivity contribution in [3.63, 3.8) is 0 Å². The largest absolute Gasteiger partial charge is 0.309 e. The smallest absolute Gasteiger partial charge is 0.225 e. The van der Waals surface area contributed by atoms with Crippen LogP contribution < -0.4 is 5.32 Å². The lowest BCUT2D eigenvalue weighted by atomic mass is 10.1. The molecule has 0 bridgehead atoms. The van der Waals surface area contributed by atoms with E-state index >= 15 is 0 Å². The molecule has 2 rings (SSSR count). The summed E-state index contributed by atoms with van der Waals surface area (Å²) in [6, 6.07) is 1.77. The first-order valence-electron chi connectivity index (χ1n) is 6.67. The average Bonchev–Trinajstić information content (AvgIpc) is 2.82. The fraction of sp³-hybridized carbons (Fsp3) is 0.429. The third-order valence-electron chi connectivity index (χ3n) is 3.17. The molecule has 0 spiro atoms. The summed E-state index contributed by atoms with van der Waals surface area (Å²) >= 11 is 1.52. The highest BCUT2D eigenvalue weighted by Gasteiger charge is 2.11. The minimum atomic E-state index is -0.0542. The van der Waals surface area contributed by atoms with E-state index in [0.29, 0.717) is 18.7 Å². The Morgan fingerprint density at radius 3 is 2.52 bits per heavy atom. The molecule has 7 heteroatoms. The number of carbonyl (C=O) groups excluding carboxylic acids is 1. The summed E-state index contributed by atoms with van der Waals surface area (Å²) in [4.78, 5) is 20.8. The van der Waals surface area contributed by atoms with Crippen LogP contribution in [0.3, 0.4) is 0 Å². The van der Waals surface area contributed by atoms with E-state index in [1.165, 1.54) is 11.8 Å². The van der Waals surface area contributed by atoms with Crippen molar-refractivity contribution in [3.05, 3.63) is 29.2 Å². The Balaban J connectivity index is 1.98. The van der Waals surface area contributed by atoms with E-state index in [1.54, 1.807) is 16.9 Å². The molecule has 0 aliphatic heterocycles.